The number of thiocarbonyl (C=S) groups is 1. The third-order valence-electron chi connectivity index (χ3n) is 3.10. The third kappa shape index (κ3) is 3.62. The maximum atomic E-state index is 10.7. The molecule has 1 N–H and O–H groups in total. The van der Waals surface area contributed by atoms with Crippen LogP contribution in [0.3, 0.4) is 0 Å². The number of likely N-dealkylation sites (N-methyl/N-ethyl adjacent to an activating group) is 1. The van der Waals surface area contributed by atoms with Gasteiger partial charge in [-0.3, -0.25) is 10.1 Å². The van der Waals surface area contributed by atoms with Gasteiger partial charge in [0.2, 0.25) is 0 Å². The monoisotopic (exact) mass is 280 g/mol. The maximum Gasteiger partial charge on any atom is 0.271 e. The van der Waals surface area contributed by atoms with E-state index in [-0.39, 0.29) is 5.69 Å². The van der Waals surface area contributed by atoms with Crippen molar-refractivity contribution in [3.8, 4) is 0 Å². The largest absolute Gasteiger partial charge is 0.346 e. The molecule has 1 aliphatic heterocycles. The lowest BCUT2D eigenvalue weighted by Crippen LogP contribution is -2.48. The van der Waals surface area contributed by atoms with Gasteiger partial charge in [0, 0.05) is 44.0 Å². The van der Waals surface area contributed by atoms with Crippen molar-refractivity contribution < 1.29 is 4.92 Å². The molecule has 0 aliphatic carbocycles. The number of non-ortho nitro benzene ring substituents is 1. The quantitative estimate of drug-likeness (QED) is 0.504. The van der Waals surface area contributed by atoms with E-state index in [1.54, 1.807) is 12.1 Å². The second-order valence-electron chi connectivity index (χ2n) is 4.53. The minimum Gasteiger partial charge on any atom is -0.346 e. The molecule has 102 valence electrons. The number of nitro groups is 1. The van der Waals surface area contributed by atoms with E-state index in [1.165, 1.54) is 12.1 Å². The second-order valence-corrected chi connectivity index (χ2v) is 4.91. The molecule has 0 radical (unpaired) electrons. The fourth-order valence-corrected chi connectivity index (χ4v) is 2.21. The highest BCUT2D eigenvalue weighted by Crippen LogP contribution is 2.17. The third-order valence-corrected chi connectivity index (χ3v) is 3.46. The molecule has 0 saturated carbocycles. The number of nitrogens with one attached hydrogen (secondary N) is 1. The number of nitrogens with zero attached hydrogens (tertiary/aromatic N) is 3. The number of piperazine rings is 1. The molecule has 1 saturated heterocycles. The molecule has 1 heterocycles. The number of rotatable bonds is 2. The Labute approximate surface area is 117 Å². The van der Waals surface area contributed by atoms with Crippen LogP contribution in [-0.2, 0) is 0 Å². The van der Waals surface area contributed by atoms with Crippen LogP contribution >= 0.6 is 12.2 Å². The SMILES string of the molecule is CN1CCN(C(=S)Nc2cccc([N+](=O)[O-])c2)CC1. The number of hydrogen-bond acceptors (Lipinski definition) is 4. The number of nitro benzene ring substituents is 1. The van der Waals surface area contributed by atoms with Crippen molar-refractivity contribution in [2.24, 2.45) is 0 Å². The molecule has 7 heteroatoms. The lowest BCUT2D eigenvalue weighted by molar-refractivity contribution is -0.384. The van der Waals surface area contributed by atoms with Gasteiger partial charge in [-0.15, -0.1) is 0 Å². The standard InChI is InChI=1S/C12H16N4O2S/c1-14-5-7-15(8-6-14)12(19)13-10-3-2-4-11(9-10)16(17)18/h2-4,9H,5-8H2,1H3,(H,13,19). The summed E-state index contributed by atoms with van der Waals surface area (Å²) in [5.41, 5.74) is 0.712. The van der Waals surface area contributed by atoms with Crippen molar-refractivity contribution in [3.63, 3.8) is 0 Å². The first-order valence-corrected chi connectivity index (χ1v) is 6.46. The number of benzene rings is 1. The van der Waals surface area contributed by atoms with E-state index in [2.05, 4.69) is 22.2 Å². The van der Waals surface area contributed by atoms with E-state index in [4.69, 9.17) is 12.2 Å². The first-order valence-electron chi connectivity index (χ1n) is 6.05. The molecule has 2 rings (SSSR count). The molecular formula is C12H16N4O2S. The normalized spacial score (nSPS) is 16.2. The van der Waals surface area contributed by atoms with E-state index in [9.17, 15) is 10.1 Å². The number of hydrogen-bond donors (Lipinski definition) is 1. The van der Waals surface area contributed by atoms with E-state index in [1.807, 2.05) is 0 Å². The highest BCUT2D eigenvalue weighted by Gasteiger charge is 2.16. The molecule has 1 aromatic carbocycles. The van der Waals surface area contributed by atoms with Crippen LogP contribution in [0, 0.1) is 10.1 Å². The zero-order chi connectivity index (χ0) is 13.8. The predicted octanol–water partition coefficient (Wildman–Crippen LogP) is 1.54. The van der Waals surface area contributed by atoms with Gasteiger partial charge in [-0.1, -0.05) is 6.07 Å². The fraction of sp³-hybridized carbons (Fsp3) is 0.417. The Kier molecular flexibility index (Phi) is 4.28. The van der Waals surface area contributed by atoms with Gasteiger partial charge in [0.25, 0.3) is 5.69 Å². The van der Waals surface area contributed by atoms with Crippen molar-refractivity contribution in [1.82, 2.24) is 9.80 Å². The number of anilines is 1. The average Bonchev–Trinajstić information content (AvgIpc) is 2.39. The van der Waals surface area contributed by atoms with Gasteiger partial charge in [0.05, 0.1) is 4.92 Å². The molecule has 0 spiro atoms. The smallest absolute Gasteiger partial charge is 0.271 e. The molecule has 1 aromatic rings. The van der Waals surface area contributed by atoms with Crippen molar-refractivity contribution >= 4 is 28.7 Å². The summed E-state index contributed by atoms with van der Waals surface area (Å²) in [7, 11) is 2.08. The Bertz CT molecular complexity index is 486. The van der Waals surface area contributed by atoms with Gasteiger partial charge in [-0.25, -0.2) is 0 Å². The molecule has 19 heavy (non-hydrogen) atoms. The van der Waals surface area contributed by atoms with E-state index >= 15 is 0 Å². The van der Waals surface area contributed by atoms with Crippen molar-refractivity contribution in [3.05, 3.63) is 34.4 Å². The van der Waals surface area contributed by atoms with Crippen LogP contribution in [-0.4, -0.2) is 53.1 Å². The first kappa shape index (κ1) is 13.7. The Hall–Kier alpha value is -1.73. The lowest BCUT2D eigenvalue weighted by Gasteiger charge is -2.34. The molecule has 0 unspecified atom stereocenters. The molecule has 0 amide bonds. The lowest BCUT2D eigenvalue weighted by atomic mass is 10.3. The van der Waals surface area contributed by atoms with Gasteiger partial charge >= 0.3 is 0 Å². The van der Waals surface area contributed by atoms with Crippen molar-refractivity contribution in [2.45, 2.75) is 0 Å². The summed E-state index contributed by atoms with van der Waals surface area (Å²) in [6.45, 7) is 3.68. The van der Waals surface area contributed by atoms with Gasteiger partial charge in [0.1, 0.15) is 0 Å². The molecular weight excluding hydrogens is 264 g/mol. The van der Waals surface area contributed by atoms with Gasteiger partial charge in [-0.05, 0) is 25.3 Å². The van der Waals surface area contributed by atoms with Gasteiger partial charge < -0.3 is 15.1 Å². The minimum atomic E-state index is -0.413. The van der Waals surface area contributed by atoms with Crippen LogP contribution in [0.2, 0.25) is 0 Å². The summed E-state index contributed by atoms with van der Waals surface area (Å²) in [5.74, 6) is 0. The van der Waals surface area contributed by atoms with Crippen molar-refractivity contribution in [1.29, 1.82) is 0 Å². The predicted molar refractivity (Wildman–Crippen MR) is 78.4 cm³/mol. The summed E-state index contributed by atoms with van der Waals surface area (Å²) >= 11 is 5.33. The summed E-state index contributed by atoms with van der Waals surface area (Å²) in [6.07, 6.45) is 0. The van der Waals surface area contributed by atoms with E-state index in [0.29, 0.717) is 10.8 Å². The van der Waals surface area contributed by atoms with Crippen LogP contribution < -0.4 is 5.32 Å². The zero-order valence-corrected chi connectivity index (χ0v) is 11.5. The van der Waals surface area contributed by atoms with Crippen molar-refractivity contribution in [2.75, 3.05) is 38.5 Å². The summed E-state index contributed by atoms with van der Waals surface area (Å²) < 4.78 is 0. The van der Waals surface area contributed by atoms with Gasteiger partial charge in [0.15, 0.2) is 5.11 Å². The van der Waals surface area contributed by atoms with E-state index in [0.717, 1.165) is 26.2 Å². The van der Waals surface area contributed by atoms with Crippen LogP contribution in [0.4, 0.5) is 11.4 Å². The van der Waals surface area contributed by atoms with Crippen LogP contribution in [0.1, 0.15) is 0 Å². The molecule has 0 aromatic heterocycles. The zero-order valence-electron chi connectivity index (χ0n) is 10.7. The molecule has 0 atom stereocenters. The minimum absolute atomic E-state index is 0.0613. The Morgan fingerprint density at radius 3 is 2.68 bits per heavy atom. The Morgan fingerprint density at radius 2 is 2.05 bits per heavy atom. The average molecular weight is 280 g/mol. The van der Waals surface area contributed by atoms with E-state index < -0.39 is 4.92 Å². The Morgan fingerprint density at radius 1 is 1.37 bits per heavy atom. The Balaban J connectivity index is 1.98. The highest BCUT2D eigenvalue weighted by atomic mass is 32.1. The summed E-state index contributed by atoms with van der Waals surface area (Å²) in [5, 5.41) is 14.4. The van der Waals surface area contributed by atoms with Crippen LogP contribution in [0.5, 0.6) is 0 Å². The highest BCUT2D eigenvalue weighted by molar-refractivity contribution is 7.80. The fourth-order valence-electron chi connectivity index (χ4n) is 1.91. The van der Waals surface area contributed by atoms with Crippen LogP contribution in [0.15, 0.2) is 24.3 Å². The molecule has 1 aliphatic rings. The summed E-state index contributed by atoms with van der Waals surface area (Å²) in [6, 6.07) is 6.37. The molecule has 6 nitrogen and oxygen atoms in total. The first-order chi connectivity index (χ1) is 9.06. The summed E-state index contributed by atoms with van der Waals surface area (Å²) in [4.78, 5) is 14.6. The maximum absolute atomic E-state index is 10.7. The molecule has 0 bridgehead atoms. The van der Waals surface area contributed by atoms with Crippen LogP contribution in [0.25, 0.3) is 0 Å². The second kappa shape index (κ2) is 5.94. The molecule has 1 fully saturated rings. The van der Waals surface area contributed by atoms with Gasteiger partial charge in [-0.2, -0.15) is 0 Å². The topological polar surface area (TPSA) is 61.6 Å².